The minimum absolute atomic E-state index is 0.128. The number of hydrogen-bond acceptors (Lipinski definition) is 4. The topological polar surface area (TPSA) is 67.4 Å². The van der Waals surface area contributed by atoms with Crippen LogP contribution in [-0.4, -0.2) is 25.5 Å². The summed E-state index contributed by atoms with van der Waals surface area (Å²) >= 11 is 3.37. The normalized spacial score (nSPS) is 10.0. The maximum atomic E-state index is 11.9. The number of benzene rings is 2. The first-order valence-electron chi connectivity index (χ1n) is 7.06. The number of rotatable bonds is 6. The van der Waals surface area contributed by atoms with Gasteiger partial charge < -0.3 is 15.4 Å². The van der Waals surface area contributed by atoms with E-state index in [2.05, 4.69) is 31.3 Å². The van der Waals surface area contributed by atoms with E-state index >= 15 is 0 Å². The third-order valence-electron chi connectivity index (χ3n) is 3.09. The molecule has 2 aromatic carbocycles. The second-order valence-electron chi connectivity index (χ2n) is 4.80. The highest BCUT2D eigenvalue weighted by molar-refractivity contribution is 9.10. The minimum Gasteiger partial charge on any atom is -0.465 e. The van der Waals surface area contributed by atoms with Gasteiger partial charge in [0.1, 0.15) is 0 Å². The molecule has 0 heterocycles. The van der Waals surface area contributed by atoms with Crippen LogP contribution >= 0.6 is 15.9 Å². The fraction of sp³-hybridized carbons (Fsp3) is 0.176. The van der Waals surface area contributed by atoms with Gasteiger partial charge in [0, 0.05) is 28.8 Å². The van der Waals surface area contributed by atoms with E-state index in [-0.39, 0.29) is 5.91 Å². The number of halogens is 1. The molecule has 2 aromatic rings. The lowest BCUT2D eigenvalue weighted by Gasteiger charge is -2.08. The lowest BCUT2D eigenvalue weighted by molar-refractivity contribution is -0.115. The second-order valence-corrected chi connectivity index (χ2v) is 5.72. The number of nitrogens with one attached hydrogen (secondary N) is 2. The maximum Gasteiger partial charge on any atom is 0.337 e. The van der Waals surface area contributed by atoms with Crippen LogP contribution in [0.5, 0.6) is 0 Å². The van der Waals surface area contributed by atoms with Gasteiger partial charge in [0.2, 0.25) is 5.91 Å². The van der Waals surface area contributed by atoms with Gasteiger partial charge in [-0.15, -0.1) is 0 Å². The zero-order valence-corrected chi connectivity index (χ0v) is 14.2. The van der Waals surface area contributed by atoms with Crippen LogP contribution in [0, 0.1) is 0 Å². The maximum absolute atomic E-state index is 11.9. The lowest BCUT2D eigenvalue weighted by atomic mass is 10.2. The molecule has 6 heteroatoms. The Hall–Kier alpha value is -2.34. The van der Waals surface area contributed by atoms with Crippen molar-refractivity contribution in [2.45, 2.75) is 6.42 Å². The van der Waals surface area contributed by atoms with E-state index in [0.717, 1.165) is 10.2 Å². The molecule has 120 valence electrons. The summed E-state index contributed by atoms with van der Waals surface area (Å²) in [4.78, 5) is 23.4. The van der Waals surface area contributed by atoms with Gasteiger partial charge in [-0.1, -0.05) is 22.0 Å². The van der Waals surface area contributed by atoms with Crippen LogP contribution in [0.15, 0.2) is 53.0 Å². The van der Waals surface area contributed by atoms with E-state index in [9.17, 15) is 9.59 Å². The van der Waals surface area contributed by atoms with Gasteiger partial charge in [-0.2, -0.15) is 0 Å². The van der Waals surface area contributed by atoms with Crippen LogP contribution in [-0.2, 0) is 9.53 Å². The first-order chi connectivity index (χ1) is 11.1. The van der Waals surface area contributed by atoms with Crippen LogP contribution in [0.4, 0.5) is 11.4 Å². The Morgan fingerprint density at radius 3 is 2.52 bits per heavy atom. The predicted octanol–water partition coefficient (Wildman–Crippen LogP) is 3.68. The molecular weight excluding hydrogens is 360 g/mol. The van der Waals surface area contributed by atoms with Crippen molar-refractivity contribution >= 4 is 39.2 Å². The molecule has 0 unspecified atom stereocenters. The number of amides is 1. The molecule has 0 aliphatic rings. The zero-order valence-electron chi connectivity index (χ0n) is 12.6. The molecule has 2 N–H and O–H groups in total. The molecule has 5 nitrogen and oxygen atoms in total. The van der Waals surface area contributed by atoms with Gasteiger partial charge in [0.15, 0.2) is 0 Å². The molecule has 0 radical (unpaired) electrons. The summed E-state index contributed by atoms with van der Waals surface area (Å²) in [5.41, 5.74) is 1.92. The van der Waals surface area contributed by atoms with Crippen molar-refractivity contribution < 1.29 is 14.3 Å². The number of carbonyl (C=O) groups excluding carboxylic acids is 2. The summed E-state index contributed by atoms with van der Waals surface area (Å²) in [6, 6.07) is 14.4. The molecule has 23 heavy (non-hydrogen) atoms. The van der Waals surface area contributed by atoms with Crippen molar-refractivity contribution in [1.82, 2.24) is 0 Å². The van der Waals surface area contributed by atoms with Crippen LogP contribution in [0.3, 0.4) is 0 Å². The van der Waals surface area contributed by atoms with Crippen molar-refractivity contribution in [3.8, 4) is 0 Å². The predicted molar refractivity (Wildman–Crippen MR) is 93.7 cm³/mol. The number of ether oxygens (including phenoxy) is 1. The van der Waals surface area contributed by atoms with Crippen molar-refractivity contribution in [3.05, 3.63) is 58.6 Å². The van der Waals surface area contributed by atoms with E-state index in [0.29, 0.717) is 24.2 Å². The van der Waals surface area contributed by atoms with Gasteiger partial charge in [0.05, 0.1) is 12.7 Å². The smallest absolute Gasteiger partial charge is 0.337 e. The average molecular weight is 377 g/mol. The Balaban J connectivity index is 1.82. The van der Waals surface area contributed by atoms with Crippen molar-refractivity contribution in [2.24, 2.45) is 0 Å². The van der Waals surface area contributed by atoms with E-state index in [4.69, 9.17) is 0 Å². The van der Waals surface area contributed by atoms with Gasteiger partial charge in [-0.25, -0.2) is 4.79 Å². The molecule has 1 amide bonds. The molecule has 0 spiro atoms. The molecule has 0 saturated carbocycles. The number of anilines is 2. The molecule has 0 aliphatic carbocycles. The largest absolute Gasteiger partial charge is 0.465 e. The SMILES string of the molecule is COC(=O)c1cccc(NC(=O)CCNc2ccc(Br)cc2)c1. The van der Waals surface area contributed by atoms with Crippen LogP contribution < -0.4 is 10.6 Å². The quantitative estimate of drug-likeness (QED) is 0.754. The number of methoxy groups -OCH3 is 1. The standard InChI is InChI=1S/C17H17BrN2O3/c1-23-17(22)12-3-2-4-15(11-12)20-16(21)9-10-19-14-7-5-13(18)6-8-14/h2-8,11,19H,9-10H2,1H3,(H,20,21). The van der Waals surface area contributed by atoms with E-state index < -0.39 is 5.97 Å². The summed E-state index contributed by atoms with van der Waals surface area (Å²) in [5.74, 6) is -0.561. The van der Waals surface area contributed by atoms with Crippen molar-refractivity contribution in [3.63, 3.8) is 0 Å². The molecule has 2 rings (SSSR count). The third kappa shape index (κ3) is 5.41. The average Bonchev–Trinajstić information content (AvgIpc) is 2.56. The number of hydrogen-bond donors (Lipinski definition) is 2. The van der Waals surface area contributed by atoms with Gasteiger partial charge in [-0.05, 0) is 42.5 Å². The molecule has 0 aliphatic heterocycles. The van der Waals surface area contributed by atoms with Gasteiger partial charge >= 0.3 is 5.97 Å². The molecule has 0 fully saturated rings. The molecule has 0 bridgehead atoms. The summed E-state index contributed by atoms with van der Waals surface area (Å²) < 4.78 is 5.66. The van der Waals surface area contributed by atoms with Gasteiger partial charge in [0.25, 0.3) is 0 Å². The Kier molecular flexibility index (Phi) is 6.17. The van der Waals surface area contributed by atoms with Crippen LogP contribution in [0.2, 0.25) is 0 Å². The first kappa shape index (κ1) is 17.0. The highest BCUT2D eigenvalue weighted by Crippen LogP contribution is 2.14. The Labute approximate surface area is 143 Å². The van der Waals surface area contributed by atoms with Crippen molar-refractivity contribution in [2.75, 3.05) is 24.3 Å². The van der Waals surface area contributed by atoms with Crippen LogP contribution in [0.25, 0.3) is 0 Å². The molecule has 0 aromatic heterocycles. The molecular formula is C17H17BrN2O3. The third-order valence-corrected chi connectivity index (χ3v) is 3.62. The fourth-order valence-electron chi connectivity index (χ4n) is 1.95. The first-order valence-corrected chi connectivity index (χ1v) is 7.85. The van der Waals surface area contributed by atoms with E-state index in [1.165, 1.54) is 7.11 Å². The van der Waals surface area contributed by atoms with E-state index in [1.54, 1.807) is 24.3 Å². The zero-order chi connectivity index (χ0) is 16.7. The van der Waals surface area contributed by atoms with Gasteiger partial charge in [-0.3, -0.25) is 4.79 Å². The monoisotopic (exact) mass is 376 g/mol. The highest BCUT2D eigenvalue weighted by Gasteiger charge is 2.07. The Bertz CT molecular complexity index is 686. The summed E-state index contributed by atoms with van der Waals surface area (Å²) in [6.07, 6.45) is 0.318. The minimum atomic E-state index is -0.432. The van der Waals surface area contributed by atoms with Crippen molar-refractivity contribution in [1.29, 1.82) is 0 Å². The summed E-state index contributed by atoms with van der Waals surface area (Å²) in [6.45, 7) is 0.518. The van der Waals surface area contributed by atoms with Crippen LogP contribution in [0.1, 0.15) is 16.8 Å². The highest BCUT2D eigenvalue weighted by atomic mass is 79.9. The molecule has 0 saturated heterocycles. The number of esters is 1. The lowest BCUT2D eigenvalue weighted by Crippen LogP contribution is -2.16. The summed E-state index contributed by atoms with van der Waals surface area (Å²) in [7, 11) is 1.32. The molecule has 0 atom stereocenters. The second kappa shape index (κ2) is 8.33. The summed E-state index contributed by atoms with van der Waals surface area (Å²) in [5, 5.41) is 5.93. The fourth-order valence-corrected chi connectivity index (χ4v) is 2.22. The number of carbonyl (C=O) groups is 2. The Morgan fingerprint density at radius 2 is 1.83 bits per heavy atom. The Morgan fingerprint density at radius 1 is 1.09 bits per heavy atom. The van der Waals surface area contributed by atoms with E-state index in [1.807, 2.05) is 24.3 Å².